The monoisotopic (exact) mass is 276 g/mol. The summed E-state index contributed by atoms with van der Waals surface area (Å²) in [6.07, 6.45) is 2.64. The minimum absolute atomic E-state index is 0.240. The van der Waals surface area contributed by atoms with E-state index in [9.17, 15) is 4.39 Å². The summed E-state index contributed by atoms with van der Waals surface area (Å²) in [5.41, 5.74) is 1.48. The fourth-order valence-corrected chi connectivity index (χ4v) is 2.57. The summed E-state index contributed by atoms with van der Waals surface area (Å²) < 4.78 is 18.6. The summed E-state index contributed by atoms with van der Waals surface area (Å²) in [4.78, 5) is 6.64. The zero-order valence-corrected chi connectivity index (χ0v) is 11.1. The van der Waals surface area contributed by atoms with Crippen molar-refractivity contribution in [1.82, 2.24) is 9.88 Å². The first kappa shape index (κ1) is 13.3. The highest BCUT2D eigenvalue weighted by molar-refractivity contribution is 5.52. The van der Waals surface area contributed by atoms with Crippen molar-refractivity contribution >= 4 is 0 Å². The van der Waals surface area contributed by atoms with E-state index >= 15 is 0 Å². The molecule has 0 saturated carbocycles. The van der Waals surface area contributed by atoms with E-state index in [1.807, 2.05) is 0 Å². The maximum Gasteiger partial charge on any atom is 0.226 e. The second kappa shape index (κ2) is 5.73. The Morgan fingerprint density at radius 1 is 1.45 bits per heavy atom. The molecule has 1 aromatic carbocycles. The third-order valence-electron chi connectivity index (χ3n) is 3.64. The molecule has 1 aromatic heterocycles. The Morgan fingerprint density at radius 3 is 3.10 bits per heavy atom. The molecule has 2 heterocycles. The van der Waals surface area contributed by atoms with E-state index in [4.69, 9.17) is 9.52 Å². The second-order valence-electron chi connectivity index (χ2n) is 5.23. The van der Waals surface area contributed by atoms with Crippen LogP contribution in [0.3, 0.4) is 0 Å². The van der Waals surface area contributed by atoms with Gasteiger partial charge in [0.25, 0.3) is 0 Å². The lowest BCUT2D eigenvalue weighted by atomic mass is 10.1. The first-order valence-electron chi connectivity index (χ1n) is 6.78. The SMILES string of the molecule is OCC1CCN(Cc2coc(-c3cccc(F)c3)n2)C1. The highest BCUT2D eigenvalue weighted by atomic mass is 19.1. The summed E-state index contributed by atoms with van der Waals surface area (Å²) in [6, 6.07) is 6.22. The van der Waals surface area contributed by atoms with Crippen molar-refractivity contribution in [2.75, 3.05) is 19.7 Å². The molecule has 0 aliphatic carbocycles. The fraction of sp³-hybridized carbons (Fsp3) is 0.400. The van der Waals surface area contributed by atoms with Crippen LogP contribution in [0.25, 0.3) is 11.5 Å². The molecule has 3 rings (SSSR count). The summed E-state index contributed by atoms with van der Waals surface area (Å²) in [5.74, 6) is 0.509. The number of nitrogens with zero attached hydrogens (tertiary/aromatic N) is 2. The zero-order chi connectivity index (χ0) is 13.9. The summed E-state index contributed by atoms with van der Waals surface area (Å²) in [5, 5.41) is 9.13. The van der Waals surface area contributed by atoms with Gasteiger partial charge < -0.3 is 9.52 Å². The number of aromatic nitrogens is 1. The summed E-state index contributed by atoms with van der Waals surface area (Å²) in [6.45, 7) is 2.80. The Balaban J connectivity index is 1.68. The van der Waals surface area contributed by atoms with E-state index in [2.05, 4.69) is 9.88 Å². The van der Waals surface area contributed by atoms with Gasteiger partial charge in [0.2, 0.25) is 5.89 Å². The van der Waals surface area contributed by atoms with Crippen LogP contribution in [0.5, 0.6) is 0 Å². The van der Waals surface area contributed by atoms with Gasteiger partial charge in [-0.2, -0.15) is 0 Å². The lowest BCUT2D eigenvalue weighted by Crippen LogP contribution is -2.21. The van der Waals surface area contributed by atoms with Crippen molar-refractivity contribution in [3.8, 4) is 11.5 Å². The lowest BCUT2D eigenvalue weighted by molar-refractivity contribution is 0.219. The number of hydrogen-bond donors (Lipinski definition) is 1. The van der Waals surface area contributed by atoms with Crippen LogP contribution in [0, 0.1) is 11.7 Å². The molecule has 0 amide bonds. The van der Waals surface area contributed by atoms with E-state index in [1.54, 1.807) is 18.4 Å². The van der Waals surface area contributed by atoms with Crippen molar-refractivity contribution in [2.45, 2.75) is 13.0 Å². The molecule has 1 aliphatic heterocycles. The molecule has 0 spiro atoms. The lowest BCUT2D eigenvalue weighted by Gasteiger charge is -2.12. The van der Waals surface area contributed by atoms with Gasteiger partial charge in [-0.05, 0) is 37.1 Å². The quantitative estimate of drug-likeness (QED) is 0.931. The molecule has 0 radical (unpaired) electrons. The number of hydrogen-bond acceptors (Lipinski definition) is 4. The molecule has 2 aromatic rings. The maximum atomic E-state index is 13.2. The molecular weight excluding hydrogens is 259 g/mol. The Bertz CT molecular complexity index is 585. The van der Waals surface area contributed by atoms with Gasteiger partial charge in [-0.25, -0.2) is 9.37 Å². The highest BCUT2D eigenvalue weighted by Crippen LogP contribution is 2.22. The molecule has 20 heavy (non-hydrogen) atoms. The first-order valence-corrected chi connectivity index (χ1v) is 6.78. The number of oxazole rings is 1. The van der Waals surface area contributed by atoms with Crippen LogP contribution in [0.2, 0.25) is 0 Å². The predicted octanol–water partition coefficient (Wildman–Crippen LogP) is 2.29. The largest absolute Gasteiger partial charge is 0.444 e. The summed E-state index contributed by atoms with van der Waals surface area (Å²) >= 11 is 0. The minimum atomic E-state index is -0.299. The molecular formula is C15H17FN2O2. The van der Waals surface area contributed by atoms with Crippen LogP contribution in [0.15, 0.2) is 34.9 Å². The van der Waals surface area contributed by atoms with Crippen molar-refractivity contribution in [1.29, 1.82) is 0 Å². The molecule has 1 unspecified atom stereocenters. The molecule has 5 heteroatoms. The second-order valence-corrected chi connectivity index (χ2v) is 5.23. The minimum Gasteiger partial charge on any atom is -0.444 e. The van der Waals surface area contributed by atoms with Crippen molar-refractivity contribution < 1.29 is 13.9 Å². The fourth-order valence-electron chi connectivity index (χ4n) is 2.57. The third kappa shape index (κ3) is 2.89. The molecule has 106 valence electrons. The van der Waals surface area contributed by atoms with E-state index in [0.717, 1.165) is 25.2 Å². The average Bonchev–Trinajstić information content (AvgIpc) is 3.08. The number of halogens is 1. The maximum absolute atomic E-state index is 13.2. The van der Waals surface area contributed by atoms with E-state index in [1.165, 1.54) is 12.1 Å². The molecule has 0 bridgehead atoms. The Hall–Kier alpha value is -1.72. The van der Waals surface area contributed by atoms with Crippen LogP contribution in [0.4, 0.5) is 4.39 Å². The summed E-state index contributed by atoms with van der Waals surface area (Å²) in [7, 11) is 0. The van der Waals surface area contributed by atoms with Gasteiger partial charge in [-0.15, -0.1) is 0 Å². The number of likely N-dealkylation sites (tertiary alicyclic amines) is 1. The molecule has 4 nitrogen and oxygen atoms in total. The molecule has 1 N–H and O–H groups in total. The van der Waals surface area contributed by atoms with Crippen molar-refractivity contribution in [2.24, 2.45) is 5.92 Å². The van der Waals surface area contributed by atoms with Gasteiger partial charge in [0, 0.05) is 25.3 Å². The van der Waals surface area contributed by atoms with Crippen molar-refractivity contribution in [3.63, 3.8) is 0 Å². The normalized spacial score (nSPS) is 19.6. The topological polar surface area (TPSA) is 49.5 Å². The van der Waals surface area contributed by atoms with E-state index in [-0.39, 0.29) is 12.4 Å². The Morgan fingerprint density at radius 2 is 2.35 bits per heavy atom. The molecule has 1 fully saturated rings. The van der Waals surface area contributed by atoms with Crippen LogP contribution in [0.1, 0.15) is 12.1 Å². The Kier molecular flexibility index (Phi) is 3.80. The zero-order valence-electron chi connectivity index (χ0n) is 11.1. The van der Waals surface area contributed by atoms with Gasteiger partial charge in [0.05, 0.1) is 5.69 Å². The number of aliphatic hydroxyl groups excluding tert-OH is 1. The van der Waals surface area contributed by atoms with Gasteiger partial charge >= 0.3 is 0 Å². The standard InChI is InChI=1S/C15H17FN2O2/c16-13-3-1-2-12(6-13)15-17-14(10-20-15)8-18-5-4-11(7-18)9-19/h1-3,6,10-11,19H,4-5,7-9H2. The van der Waals surface area contributed by atoms with Crippen LogP contribution in [-0.2, 0) is 6.54 Å². The first-order chi connectivity index (χ1) is 9.74. The molecule has 1 saturated heterocycles. The number of benzene rings is 1. The van der Waals surface area contributed by atoms with E-state index < -0.39 is 0 Å². The van der Waals surface area contributed by atoms with Gasteiger partial charge in [0.15, 0.2) is 0 Å². The van der Waals surface area contributed by atoms with Gasteiger partial charge in [0.1, 0.15) is 12.1 Å². The molecule has 1 aliphatic rings. The smallest absolute Gasteiger partial charge is 0.226 e. The predicted molar refractivity (Wildman–Crippen MR) is 72.4 cm³/mol. The number of rotatable bonds is 4. The van der Waals surface area contributed by atoms with E-state index in [0.29, 0.717) is 23.9 Å². The van der Waals surface area contributed by atoms with Crippen molar-refractivity contribution in [3.05, 3.63) is 42.0 Å². The average molecular weight is 276 g/mol. The Labute approximate surface area is 116 Å². The van der Waals surface area contributed by atoms with Crippen LogP contribution in [-0.4, -0.2) is 34.7 Å². The van der Waals surface area contributed by atoms with Gasteiger partial charge in [-0.1, -0.05) is 6.07 Å². The van der Waals surface area contributed by atoms with Gasteiger partial charge in [-0.3, -0.25) is 4.90 Å². The molecule has 1 atom stereocenters. The van der Waals surface area contributed by atoms with Crippen LogP contribution >= 0.6 is 0 Å². The third-order valence-corrected chi connectivity index (χ3v) is 3.64. The highest BCUT2D eigenvalue weighted by Gasteiger charge is 2.22. The number of aliphatic hydroxyl groups is 1. The van der Waals surface area contributed by atoms with Crippen LogP contribution < -0.4 is 0 Å².